The Balaban J connectivity index is 2.07. The van der Waals surface area contributed by atoms with Gasteiger partial charge in [-0.3, -0.25) is 0 Å². The number of sulfone groups is 1. The summed E-state index contributed by atoms with van der Waals surface area (Å²) < 4.78 is 27.6. The van der Waals surface area contributed by atoms with Gasteiger partial charge in [0.15, 0.2) is 9.84 Å². The van der Waals surface area contributed by atoms with Crippen LogP contribution in [-0.2, 0) is 21.1 Å². The van der Waals surface area contributed by atoms with Crippen molar-refractivity contribution in [2.45, 2.75) is 11.4 Å². The van der Waals surface area contributed by atoms with Crippen LogP contribution in [0.2, 0.25) is 0 Å². The molecular weight excluding hydrogens is 292 g/mol. The van der Waals surface area contributed by atoms with Crippen LogP contribution in [0.5, 0.6) is 0 Å². The van der Waals surface area contributed by atoms with Crippen LogP contribution < -0.4 is 5.32 Å². The Bertz CT molecular complexity index is 750. The van der Waals surface area contributed by atoms with Crippen LogP contribution in [-0.4, -0.2) is 32.7 Å². The molecule has 0 aliphatic rings. The van der Waals surface area contributed by atoms with Crippen molar-refractivity contribution in [3.05, 3.63) is 47.8 Å². The zero-order valence-electron chi connectivity index (χ0n) is 11.7. The van der Waals surface area contributed by atoms with Crippen molar-refractivity contribution in [1.82, 2.24) is 4.98 Å². The molecule has 0 amide bonds. The number of aromatic nitrogens is 1. The predicted octanol–water partition coefficient (Wildman–Crippen LogP) is 1.82. The number of carbonyl (C=O) groups is 1. The molecule has 0 radical (unpaired) electrons. The first-order valence-electron chi connectivity index (χ1n) is 6.20. The summed E-state index contributed by atoms with van der Waals surface area (Å²) in [5, 5.41) is 3.10. The minimum absolute atomic E-state index is 0.259. The number of esters is 1. The third-order valence-corrected chi connectivity index (χ3v) is 4.01. The molecule has 2 rings (SSSR count). The van der Waals surface area contributed by atoms with Gasteiger partial charge in [-0.05, 0) is 30.3 Å². The molecular formula is C14H16N2O4S. The van der Waals surface area contributed by atoms with E-state index in [1.54, 1.807) is 36.4 Å². The SMILES string of the molecule is COC(=O)c1ccc(CNc2cccc(S(C)(=O)=O)c2)[nH]1. The van der Waals surface area contributed by atoms with E-state index in [9.17, 15) is 13.2 Å². The number of nitrogens with one attached hydrogen (secondary N) is 2. The number of carbonyl (C=O) groups excluding carboxylic acids is 1. The molecule has 0 saturated heterocycles. The van der Waals surface area contributed by atoms with E-state index >= 15 is 0 Å². The number of rotatable bonds is 5. The molecule has 2 aromatic rings. The fourth-order valence-electron chi connectivity index (χ4n) is 1.81. The zero-order chi connectivity index (χ0) is 15.5. The molecule has 0 bridgehead atoms. The number of methoxy groups -OCH3 is 1. The Kier molecular flexibility index (Phi) is 4.32. The maximum absolute atomic E-state index is 11.5. The second-order valence-electron chi connectivity index (χ2n) is 4.54. The maximum atomic E-state index is 11.5. The van der Waals surface area contributed by atoms with Crippen LogP contribution in [0.25, 0.3) is 0 Å². The van der Waals surface area contributed by atoms with Crippen LogP contribution in [0.3, 0.4) is 0 Å². The predicted molar refractivity (Wildman–Crippen MR) is 79.0 cm³/mol. The van der Waals surface area contributed by atoms with Gasteiger partial charge in [-0.2, -0.15) is 0 Å². The Labute approximate surface area is 123 Å². The lowest BCUT2D eigenvalue weighted by Crippen LogP contribution is -2.04. The van der Waals surface area contributed by atoms with Gasteiger partial charge in [0.05, 0.1) is 18.6 Å². The van der Waals surface area contributed by atoms with Crippen LogP contribution in [0.1, 0.15) is 16.2 Å². The number of anilines is 1. The van der Waals surface area contributed by atoms with Crippen molar-refractivity contribution >= 4 is 21.5 Å². The third kappa shape index (κ3) is 3.85. The lowest BCUT2D eigenvalue weighted by Gasteiger charge is -2.06. The second-order valence-corrected chi connectivity index (χ2v) is 6.56. The molecule has 0 saturated carbocycles. The van der Waals surface area contributed by atoms with E-state index in [0.29, 0.717) is 17.9 Å². The Hall–Kier alpha value is -2.28. The number of hydrogen-bond acceptors (Lipinski definition) is 5. The molecule has 21 heavy (non-hydrogen) atoms. The topological polar surface area (TPSA) is 88.3 Å². The molecule has 1 heterocycles. The highest BCUT2D eigenvalue weighted by Crippen LogP contribution is 2.16. The Morgan fingerprint density at radius 2 is 2.05 bits per heavy atom. The fraction of sp³-hybridized carbons (Fsp3) is 0.214. The molecule has 2 N–H and O–H groups in total. The van der Waals surface area contributed by atoms with Gasteiger partial charge in [0.1, 0.15) is 5.69 Å². The third-order valence-electron chi connectivity index (χ3n) is 2.90. The molecule has 0 spiro atoms. The standard InChI is InChI=1S/C14H16N2O4S/c1-20-14(17)13-7-6-11(16-13)9-15-10-4-3-5-12(8-10)21(2,18)19/h3-8,15-16H,9H2,1-2H3. The van der Waals surface area contributed by atoms with Crippen molar-refractivity contribution in [3.8, 4) is 0 Å². The molecule has 1 aromatic heterocycles. The van der Waals surface area contributed by atoms with Crippen LogP contribution in [0, 0.1) is 0 Å². The zero-order valence-corrected chi connectivity index (χ0v) is 12.5. The monoisotopic (exact) mass is 308 g/mol. The fourth-order valence-corrected chi connectivity index (χ4v) is 2.47. The summed E-state index contributed by atoms with van der Waals surface area (Å²) in [5.41, 5.74) is 1.85. The van der Waals surface area contributed by atoms with E-state index in [4.69, 9.17) is 0 Å². The van der Waals surface area contributed by atoms with Crippen molar-refractivity contribution in [2.24, 2.45) is 0 Å². The van der Waals surface area contributed by atoms with Crippen LogP contribution >= 0.6 is 0 Å². The summed E-state index contributed by atoms with van der Waals surface area (Å²) in [4.78, 5) is 14.5. The first-order chi connectivity index (χ1) is 9.90. The summed E-state index contributed by atoms with van der Waals surface area (Å²) in [6, 6.07) is 9.96. The van der Waals surface area contributed by atoms with E-state index in [1.807, 2.05) is 0 Å². The number of benzene rings is 1. The van der Waals surface area contributed by atoms with Crippen LogP contribution in [0.15, 0.2) is 41.3 Å². The highest BCUT2D eigenvalue weighted by atomic mass is 32.2. The average molecular weight is 308 g/mol. The first kappa shape index (κ1) is 15.1. The molecule has 112 valence electrons. The number of ether oxygens (including phenoxy) is 1. The first-order valence-corrected chi connectivity index (χ1v) is 8.09. The molecule has 0 aliphatic carbocycles. The minimum atomic E-state index is -3.23. The van der Waals surface area contributed by atoms with Gasteiger partial charge in [0.2, 0.25) is 0 Å². The highest BCUT2D eigenvalue weighted by Gasteiger charge is 2.09. The largest absolute Gasteiger partial charge is 0.464 e. The Morgan fingerprint density at radius 3 is 2.71 bits per heavy atom. The van der Waals surface area contributed by atoms with E-state index in [-0.39, 0.29) is 4.90 Å². The van der Waals surface area contributed by atoms with Gasteiger partial charge in [-0.15, -0.1) is 0 Å². The normalized spacial score (nSPS) is 11.1. The summed E-state index contributed by atoms with van der Waals surface area (Å²) in [7, 11) is -1.91. The minimum Gasteiger partial charge on any atom is -0.464 e. The van der Waals surface area contributed by atoms with Crippen LogP contribution in [0.4, 0.5) is 5.69 Å². The molecule has 0 fully saturated rings. The molecule has 0 unspecified atom stereocenters. The summed E-state index contributed by atoms with van der Waals surface area (Å²) in [6.07, 6.45) is 1.17. The highest BCUT2D eigenvalue weighted by molar-refractivity contribution is 7.90. The lowest BCUT2D eigenvalue weighted by molar-refractivity contribution is 0.0594. The van der Waals surface area contributed by atoms with Gasteiger partial charge >= 0.3 is 5.97 Å². The Morgan fingerprint density at radius 1 is 1.29 bits per heavy atom. The molecule has 1 aromatic carbocycles. The average Bonchev–Trinajstić information content (AvgIpc) is 2.92. The lowest BCUT2D eigenvalue weighted by atomic mass is 10.3. The molecule has 6 nitrogen and oxygen atoms in total. The number of hydrogen-bond donors (Lipinski definition) is 2. The van der Waals surface area contributed by atoms with Gasteiger partial charge < -0.3 is 15.0 Å². The number of H-pyrrole nitrogens is 1. The van der Waals surface area contributed by atoms with E-state index < -0.39 is 15.8 Å². The quantitative estimate of drug-likeness (QED) is 0.823. The second kappa shape index (κ2) is 6.01. The van der Waals surface area contributed by atoms with Crippen molar-refractivity contribution < 1.29 is 17.9 Å². The summed E-state index contributed by atoms with van der Waals surface area (Å²) in [6.45, 7) is 0.435. The molecule has 7 heteroatoms. The van der Waals surface area contributed by atoms with Crippen molar-refractivity contribution in [3.63, 3.8) is 0 Å². The van der Waals surface area contributed by atoms with E-state index in [0.717, 1.165) is 5.69 Å². The maximum Gasteiger partial charge on any atom is 0.354 e. The summed E-state index contributed by atoms with van der Waals surface area (Å²) >= 11 is 0. The smallest absolute Gasteiger partial charge is 0.354 e. The van der Waals surface area contributed by atoms with Gasteiger partial charge in [-0.1, -0.05) is 6.07 Å². The van der Waals surface area contributed by atoms with Crippen molar-refractivity contribution in [1.29, 1.82) is 0 Å². The molecule has 0 atom stereocenters. The molecule has 0 aliphatic heterocycles. The summed E-state index contributed by atoms with van der Waals surface area (Å²) in [5.74, 6) is -0.430. The van der Waals surface area contributed by atoms with E-state index in [1.165, 1.54) is 13.4 Å². The van der Waals surface area contributed by atoms with Crippen molar-refractivity contribution in [2.75, 3.05) is 18.7 Å². The van der Waals surface area contributed by atoms with E-state index in [2.05, 4.69) is 15.0 Å². The van der Waals surface area contributed by atoms with Gasteiger partial charge in [0.25, 0.3) is 0 Å². The van der Waals surface area contributed by atoms with Gasteiger partial charge in [0, 0.05) is 17.6 Å². The number of aromatic amines is 1. The van der Waals surface area contributed by atoms with Gasteiger partial charge in [-0.25, -0.2) is 13.2 Å².